The Hall–Kier alpha value is -0.0400. The number of hydrogen-bond acceptors (Lipinski definition) is 1. The lowest BCUT2D eigenvalue weighted by Gasteiger charge is -2.05. The highest BCUT2D eigenvalue weighted by Crippen LogP contribution is 2.34. The van der Waals surface area contributed by atoms with Gasteiger partial charge in [-0.05, 0) is 37.6 Å². The summed E-state index contributed by atoms with van der Waals surface area (Å²) in [6.45, 7) is 8.09. The third-order valence-electron chi connectivity index (χ3n) is 2.71. The summed E-state index contributed by atoms with van der Waals surface area (Å²) in [6, 6.07) is 0.878. The summed E-state index contributed by atoms with van der Waals surface area (Å²) in [5, 5.41) is 3.62. The zero-order valence-electron chi connectivity index (χ0n) is 8.77. The molecular formula is C11H23N. The topological polar surface area (TPSA) is 12.0 Å². The Morgan fingerprint density at radius 2 is 2.17 bits per heavy atom. The van der Waals surface area contributed by atoms with Crippen LogP contribution in [0.3, 0.4) is 0 Å². The quantitative estimate of drug-likeness (QED) is 0.644. The Morgan fingerprint density at radius 3 is 2.75 bits per heavy atom. The van der Waals surface area contributed by atoms with Crippen molar-refractivity contribution in [2.24, 2.45) is 11.8 Å². The van der Waals surface area contributed by atoms with Gasteiger partial charge in [0.25, 0.3) is 0 Å². The molecule has 1 aliphatic carbocycles. The van der Waals surface area contributed by atoms with Crippen LogP contribution in [0.1, 0.15) is 46.5 Å². The van der Waals surface area contributed by atoms with Crippen LogP contribution < -0.4 is 5.32 Å². The van der Waals surface area contributed by atoms with Gasteiger partial charge in [0.15, 0.2) is 0 Å². The van der Waals surface area contributed by atoms with Gasteiger partial charge >= 0.3 is 0 Å². The van der Waals surface area contributed by atoms with E-state index in [-0.39, 0.29) is 0 Å². The number of nitrogens with one attached hydrogen (secondary N) is 1. The SMILES string of the molecule is CCCC1CC1NCCC(C)C. The number of rotatable bonds is 6. The van der Waals surface area contributed by atoms with E-state index in [9.17, 15) is 0 Å². The summed E-state index contributed by atoms with van der Waals surface area (Å²) in [6.07, 6.45) is 5.55. The highest BCUT2D eigenvalue weighted by Gasteiger charge is 2.34. The van der Waals surface area contributed by atoms with Crippen molar-refractivity contribution in [2.75, 3.05) is 6.54 Å². The van der Waals surface area contributed by atoms with E-state index in [4.69, 9.17) is 0 Å². The summed E-state index contributed by atoms with van der Waals surface area (Å²) < 4.78 is 0. The van der Waals surface area contributed by atoms with Crippen LogP contribution in [0.15, 0.2) is 0 Å². The van der Waals surface area contributed by atoms with Gasteiger partial charge in [-0.1, -0.05) is 27.2 Å². The molecule has 1 saturated carbocycles. The van der Waals surface area contributed by atoms with Crippen molar-refractivity contribution in [3.05, 3.63) is 0 Å². The first-order valence-electron chi connectivity index (χ1n) is 5.47. The largest absolute Gasteiger partial charge is 0.314 e. The van der Waals surface area contributed by atoms with E-state index < -0.39 is 0 Å². The fourth-order valence-electron chi connectivity index (χ4n) is 1.74. The maximum Gasteiger partial charge on any atom is 0.00991 e. The maximum absolute atomic E-state index is 3.62. The molecule has 2 atom stereocenters. The van der Waals surface area contributed by atoms with E-state index in [0.29, 0.717) is 0 Å². The molecule has 0 saturated heterocycles. The highest BCUT2D eigenvalue weighted by atomic mass is 15.0. The molecule has 0 aliphatic heterocycles. The van der Waals surface area contributed by atoms with E-state index in [1.807, 2.05) is 0 Å². The Labute approximate surface area is 76.9 Å². The van der Waals surface area contributed by atoms with E-state index in [1.54, 1.807) is 0 Å². The van der Waals surface area contributed by atoms with Crippen LogP contribution in [0.5, 0.6) is 0 Å². The molecule has 1 N–H and O–H groups in total. The molecule has 12 heavy (non-hydrogen) atoms. The molecule has 2 unspecified atom stereocenters. The molecule has 0 bridgehead atoms. The summed E-state index contributed by atoms with van der Waals surface area (Å²) >= 11 is 0. The molecule has 0 amide bonds. The van der Waals surface area contributed by atoms with Gasteiger partial charge in [0.2, 0.25) is 0 Å². The third-order valence-corrected chi connectivity index (χ3v) is 2.71. The van der Waals surface area contributed by atoms with Gasteiger partial charge in [-0.2, -0.15) is 0 Å². The fourth-order valence-corrected chi connectivity index (χ4v) is 1.74. The van der Waals surface area contributed by atoms with Crippen molar-refractivity contribution in [1.82, 2.24) is 5.32 Å². The van der Waals surface area contributed by atoms with Crippen molar-refractivity contribution >= 4 is 0 Å². The minimum atomic E-state index is 0.848. The van der Waals surface area contributed by atoms with Crippen LogP contribution in [0.25, 0.3) is 0 Å². The Kier molecular flexibility index (Phi) is 4.07. The Morgan fingerprint density at radius 1 is 1.42 bits per heavy atom. The molecule has 1 aliphatic rings. The second-order valence-electron chi connectivity index (χ2n) is 4.53. The van der Waals surface area contributed by atoms with E-state index >= 15 is 0 Å². The van der Waals surface area contributed by atoms with Gasteiger partial charge in [0.1, 0.15) is 0 Å². The molecule has 0 heterocycles. The van der Waals surface area contributed by atoms with Gasteiger partial charge < -0.3 is 5.32 Å². The normalized spacial score (nSPS) is 28.0. The van der Waals surface area contributed by atoms with Crippen LogP contribution in [0, 0.1) is 11.8 Å². The van der Waals surface area contributed by atoms with E-state index in [0.717, 1.165) is 17.9 Å². The summed E-state index contributed by atoms with van der Waals surface area (Å²) in [5.41, 5.74) is 0. The first-order chi connectivity index (χ1) is 5.74. The lowest BCUT2D eigenvalue weighted by molar-refractivity contribution is 0.518. The standard InChI is InChI=1S/C11H23N/c1-4-5-10-8-11(10)12-7-6-9(2)3/h9-12H,4-8H2,1-3H3. The molecular weight excluding hydrogens is 146 g/mol. The molecule has 0 aromatic carbocycles. The molecule has 1 heteroatoms. The smallest absolute Gasteiger partial charge is 0.00991 e. The predicted octanol–water partition coefficient (Wildman–Crippen LogP) is 2.81. The Balaban J connectivity index is 1.90. The lowest BCUT2D eigenvalue weighted by Crippen LogP contribution is -2.20. The van der Waals surface area contributed by atoms with Crippen molar-refractivity contribution in [3.8, 4) is 0 Å². The van der Waals surface area contributed by atoms with Crippen LogP contribution in [0.2, 0.25) is 0 Å². The second-order valence-corrected chi connectivity index (χ2v) is 4.53. The predicted molar refractivity (Wildman–Crippen MR) is 54.3 cm³/mol. The second kappa shape index (κ2) is 4.86. The third kappa shape index (κ3) is 3.57. The number of hydrogen-bond donors (Lipinski definition) is 1. The van der Waals surface area contributed by atoms with Crippen LogP contribution >= 0.6 is 0 Å². The van der Waals surface area contributed by atoms with Gasteiger partial charge in [0, 0.05) is 6.04 Å². The minimum absolute atomic E-state index is 0.848. The minimum Gasteiger partial charge on any atom is -0.314 e. The average Bonchev–Trinajstić information content (AvgIpc) is 2.68. The first-order valence-corrected chi connectivity index (χ1v) is 5.47. The molecule has 72 valence electrons. The van der Waals surface area contributed by atoms with Crippen LogP contribution in [-0.2, 0) is 0 Å². The van der Waals surface area contributed by atoms with Crippen molar-refractivity contribution in [2.45, 2.75) is 52.5 Å². The van der Waals surface area contributed by atoms with Gasteiger partial charge in [-0.3, -0.25) is 0 Å². The van der Waals surface area contributed by atoms with Crippen molar-refractivity contribution in [1.29, 1.82) is 0 Å². The summed E-state index contributed by atoms with van der Waals surface area (Å²) in [4.78, 5) is 0. The van der Waals surface area contributed by atoms with E-state index in [1.165, 1.54) is 32.2 Å². The highest BCUT2D eigenvalue weighted by molar-refractivity contribution is 4.92. The van der Waals surface area contributed by atoms with Crippen molar-refractivity contribution in [3.63, 3.8) is 0 Å². The van der Waals surface area contributed by atoms with Gasteiger partial charge in [-0.15, -0.1) is 0 Å². The first kappa shape index (κ1) is 10.0. The zero-order valence-corrected chi connectivity index (χ0v) is 8.77. The monoisotopic (exact) mass is 169 g/mol. The zero-order chi connectivity index (χ0) is 8.97. The molecule has 0 aromatic rings. The molecule has 0 aromatic heterocycles. The lowest BCUT2D eigenvalue weighted by atomic mass is 10.1. The average molecular weight is 169 g/mol. The summed E-state index contributed by atoms with van der Waals surface area (Å²) in [5.74, 6) is 1.86. The van der Waals surface area contributed by atoms with Gasteiger partial charge in [-0.25, -0.2) is 0 Å². The molecule has 1 fully saturated rings. The van der Waals surface area contributed by atoms with Crippen LogP contribution in [0.4, 0.5) is 0 Å². The molecule has 0 spiro atoms. The maximum atomic E-state index is 3.62. The van der Waals surface area contributed by atoms with E-state index in [2.05, 4.69) is 26.1 Å². The molecule has 0 radical (unpaired) electrons. The van der Waals surface area contributed by atoms with Crippen molar-refractivity contribution < 1.29 is 0 Å². The summed E-state index contributed by atoms with van der Waals surface area (Å²) in [7, 11) is 0. The Bertz CT molecular complexity index is 120. The fraction of sp³-hybridized carbons (Fsp3) is 1.00. The molecule has 1 rings (SSSR count). The van der Waals surface area contributed by atoms with Gasteiger partial charge in [0.05, 0.1) is 0 Å². The molecule has 1 nitrogen and oxygen atoms in total. The van der Waals surface area contributed by atoms with Crippen LogP contribution in [-0.4, -0.2) is 12.6 Å².